The minimum atomic E-state index is -0.561. The molecule has 0 saturated carbocycles. The Balaban J connectivity index is 1.78. The summed E-state index contributed by atoms with van der Waals surface area (Å²) in [6.45, 7) is 0.409. The van der Waals surface area contributed by atoms with Gasteiger partial charge in [0.05, 0.1) is 34.8 Å². The van der Waals surface area contributed by atoms with Gasteiger partial charge < -0.3 is 15.6 Å². The minimum Gasteiger partial charge on any atom is -0.379 e. The number of imidazole rings is 1. The highest BCUT2D eigenvalue weighted by Crippen LogP contribution is 2.33. The van der Waals surface area contributed by atoms with E-state index in [9.17, 15) is 14.0 Å². The molecule has 6 nitrogen and oxygen atoms in total. The molecule has 0 aliphatic rings. The molecule has 0 spiro atoms. The van der Waals surface area contributed by atoms with E-state index in [-0.39, 0.29) is 16.1 Å². The Labute approximate surface area is 169 Å². The zero-order chi connectivity index (χ0) is 20.4. The van der Waals surface area contributed by atoms with Crippen molar-refractivity contribution < 1.29 is 8.78 Å². The number of aromatic amines is 1. The van der Waals surface area contributed by atoms with Crippen molar-refractivity contribution in [1.29, 1.82) is 5.26 Å². The van der Waals surface area contributed by atoms with Crippen LogP contribution in [0.5, 0.6) is 0 Å². The fourth-order valence-electron chi connectivity index (χ4n) is 2.88. The SMILES string of the molecule is N#Cc1cnc2c(F)cc(NCc3cnc[nH]3)cc2c1Nc1ccc(F)c(Cl)c1. The molecule has 0 aliphatic carbocycles. The van der Waals surface area contributed by atoms with Crippen molar-refractivity contribution in [2.45, 2.75) is 6.54 Å². The molecule has 4 aromatic rings. The van der Waals surface area contributed by atoms with Crippen LogP contribution in [0.4, 0.5) is 25.8 Å². The van der Waals surface area contributed by atoms with Gasteiger partial charge in [0.2, 0.25) is 0 Å². The van der Waals surface area contributed by atoms with Crippen LogP contribution in [0.3, 0.4) is 0 Å². The van der Waals surface area contributed by atoms with E-state index in [1.165, 1.54) is 30.5 Å². The molecule has 9 heteroatoms. The van der Waals surface area contributed by atoms with Gasteiger partial charge in [-0.2, -0.15) is 5.26 Å². The van der Waals surface area contributed by atoms with Crippen LogP contribution in [0, 0.1) is 23.0 Å². The summed E-state index contributed by atoms with van der Waals surface area (Å²) < 4.78 is 28.1. The Morgan fingerprint density at radius 1 is 1.10 bits per heavy atom. The van der Waals surface area contributed by atoms with Crippen LogP contribution >= 0.6 is 11.6 Å². The average molecular weight is 411 g/mol. The van der Waals surface area contributed by atoms with Gasteiger partial charge in [-0.15, -0.1) is 0 Å². The largest absolute Gasteiger partial charge is 0.379 e. The minimum absolute atomic E-state index is 0.0695. The van der Waals surface area contributed by atoms with E-state index in [1.54, 1.807) is 18.6 Å². The summed E-state index contributed by atoms with van der Waals surface area (Å²) in [6.07, 6.45) is 4.50. The van der Waals surface area contributed by atoms with Crippen LogP contribution in [0.25, 0.3) is 10.9 Å². The lowest BCUT2D eigenvalue weighted by atomic mass is 10.1. The van der Waals surface area contributed by atoms with Crippen molar-refractivity contribution in [3.05, 3.63) is 77.0 Å². The number of benzene rings is 2. The number of pyridine rings is 1. The lowest BCUT2D eigenvalue weighted by Crippen LogP contribution is -2.02. The first-order chi connectivity index (χ1) is 14.0. The molecular formula is C20H13ClF2N6. The molecule has 2 aromatic carbocycles. The highest BCUT2D eigenvalue weighted by atomic mass is 35.5. The maximum absolute atomic E-state index is 14.7. The molecule has 29 heavy (non-hydrogen) atoms. The van der Waals surface area contributed by atoms with Crippen LogP contribution in [0.15, 0.2) is 49.1 Å². The normalized spacial score (nSPS) is 10.7. The van der Waals surface area contributed by atoms with Gasteiger partial charge in [-0.05, 0) is 30.3 Å². The Hall–Kier alpha value is -3.70. The molecule has 0 bridgehead atoms. The molecule has 0 amide bonds. The van der Waals surface area contributed by atoms with Gasteiger partial charge in [0.15, 0.2) is 5.82 Å². The maximum Gasteiger partial charge on any atom is 0.151 e. The van der Waals surface area contributed by atoms with Crippen molar-refractivity contribution in [2.24, 2.45) is 0 Å². The second-order valence-electron chi connectivity index (χ2n) is 6.20. The Morgan fingerprint density at radius 3 is 2.69 bits per heavy atom. The summed E-state index contributed by atoms with van der Waals surface area (Å²) in [5.74, 6) is -1.10. The van der Waals surface area contributed by atoms with Crippen LogP contribution in [0.2, 0.25) is 5.02 Å². The summed E-state index contributed by atoms with van der Waals surface area (Å²) in [6, 6.07) is 9.13. The van der Waals surface area contributed by atoms with Crippen LogP contribution in [0.1, 0.15) is 11.3 Å². The van der Waals surface area contributed by atoms with Gasteiger partial charge in [-0.25, -0.2) is 13.8 Å². The third-order valence-electron chi connectivity index (χ3n) is 4.27. The van der Waals surface area contributed by atoms with Gasteiger partial charge in [0.25, 0.3) is 0 Å². The predicted octanol–water partition coefficient (Wildman–Crippen LogP) is 5.12. The third-order valence-corrected chi connectivity index (χ3v) is 4.56. The number of rotatable bonds is 5. The Kier molecular flexibility index (Phi) is 4.97. The molecule has 0 radical (unpaired) electrons. The predicted molar refractivity (Wildman–Crippen MR) is 107 cm³/mol. The van der Waals surface area contributed by atoms with Crippen molar-refractivity contribution >= 4 is 39.6 Å². The molecule has 0 saturated heterocycles. The van der Waals surface area contributed by atoms with Gasteiger partial charge >= 0.3 is 0 Å². The number of nitrogens with zero attached hydrogens (tertiary/aromatic N) is 3. The van der Waals surface area contributed by atoms with E-state index in [1.807, 2.05) is 6.07 Å². The molecule has 0 aliphatic heterocycles. The fraction of sp³-hybridized carbons (Fsp3) is 0.0500. The number of H-pyrrole nitrogens is 1. The van der Waals surface area contributed by atoms with Crippen LogP contribution in [-0.2, 0) is 6.54 Å². The number of fused-ring (bicyclic) bond motifs is 1. The van der Waals surface area contributed by atoms with Crippen molar-refractivity contribution in [2.75, 3.05) is 10.6 Å². The zero-order valence-electron chi connectivity index (χ0n) is 14.8. The summed E-state index contributed by atoms with van der Waals surface area (Å²) >= 11 is 5.84. The smallest absolute Gasteiger partial charge is 0.151 e. The van der Waals surface area contributed by atoms with E-state index in [0.717, 1.165) is 5.69 Å². The topological polar surface area (TPSA) is 89.4 Å². The third kappa shape index (κ3) is 3.81. The first kappa shape index (κ1) is 18.7. The summed E-state index contributed by atoms with van der Waals surface area (Å²) in [5, 5.41) is 16.0. The second kappa shape index (κ2) is 7.73. The van der Waals surface area contributed by atoms with Crippen molar-refractivity contribution in [3.63, 3.8) is 0 Å². The van der Waals surface area contributed by atoms with Crippen molar-refractivity contribution in [3.8, 4) is 6.07 Å². The highest BCUT2D eigenvalue weighted by Gasteiger charge is 2.14. The van der Waals surface area contributed by atoms with E-state index >= 15 is 0 Å². The fourth-order valence-corrected chi connectivity index (χ4v) is 3.06. The number of nitriles is 1. The Bertz CT molecular complexity index is 1230. The molecule has 0 atom stereocenters. The number of aromatic nitrogens is 3. The average Bonchev–Trinajstić information content (AvgIpc) is 3.23. The number of hydrogen-bond acceptors (Lipinski definition) is 5. The standard InChI is InChI=1S/C20H13ClF2N6/c21-16-4-12(1-2-17(16)22)29-19-11(6-24)7-27-20-15(19)3-13(5-18(20)23)26-9-14-8-25-10-28-14/h1-5,7-8,10,26H,9H2,(H,25,28)(H,27,29). The van der Waals surface area contributed by atoms with Crippen LogP contribution in [-0.4, -0.2) is 15.0 Å². The maximum atomic E-state index is 14.7. The number of halogens is 3. The molecule has 144 valence electrons. The highest BCUT2D eigenvalue weighted by molar-refractivity contribution is 6.31. The first-order valence-corrected chi connectivity index (χ1v) is 8.88. The molecule has 0 fully saturated rings. The molecular weight excluding hydrogens is 398 g/mol. The van der Waals surface area contributed by atoms with E-state index < -0.39 is 11.6 Å². The summed E-state index contributed by atoms with van der Waals surface area (Å²) in [7, 11) is 0. The quantitative estimate of drug-likeness (QED) is 0.425. The summed E-state index contributed by atoms with van der Waals surface area (Å²) in [4.78, 5) is 11.0. The van der Waals surface area contributed by atoms with E-state index in [2.05, 4.69) is 25.6 Å². The van der Waals surface area contributed by atoms with Gasteiger partial charge in [-0.3, -0.25) is 4.98 Å². The summed E-state index contributed by atoms with van der Waals surface area (Å²) in [5.41, 5.74) is 2.45. The lowest BCUT2D eigenvalue weighted by molar-refractivity contribution is 0.628. The van der Waals surface area contributed by atoms with E-state index in [4.69, 9.17) is 11.6 Å². The monoisotopic (exact) mass is 410 g/mol. The number of hydrogen-bond donors (Lipinski definition) is 3. The second-order valence-corrected chi connectivity index (χ2v) is 6.60. The first-order valence-electron chi connectivity index (χ1n) is 8.50. The van der Waals surface area contributed by atoms with E-state index in [0.29, 0.717) is 29.0 Å². The lowest BCUT2D eigenvalue weighted by Gasteiger charge is -2.14. The van der Waals surface area contributed by atoms with Gasteiger partial charge in [0, 0.05) is 29.2 Å². The number of anilines is 3. The number of nitrogens with one attached hydrogen (secondary N) is 3. The molecule has 4 rings (SSSR count). The molecule has 2 heterocycles. The Morgan fingerprint density at radius 2 is 1.97 bits per heavy atom. The van der Waals surface area contributed by atoms with Gasteiger partial charge in [0.1, 0.15) is 17.4 Å². The van der Waals surface area contributed by atoms with Crippen molar-refractivity contribution in [1.82, 2.24) is 15.0 Å². The molecule has 2 aromatic heterocycles. The molecule has 3 N–H and O–H groups in total. The molecule has 0 unspecified atom stereocenters. The van der Waals surface area contributed by atoms with Crippen LogP contribution < -0.4 is 10.6 Å². The zero-order valence-corrected chi connectivity index (χ0v) is 15.6. The van der Waals surface area contributed by atoms with Gasteiger partial charge in [-0.1, -0.05) is 11.6 Å².